The number of rotatable bonds is 12. The van der Waals surface area contributed by atoms with Crippen LogP contribution in [0, 0.1) is 18.2 Å². The first kappa shape index (κ1) is 79.1. The Balaban J connectivity index is 0.000000211. The molecule has 10 aromatic carbocycles. The van der Waals surface area contributed by atoms with Gasteiger partial charge in [-0.05, 0) is 76.8 Å². The number of hydrogen-bond acceptors (Lipinski definition) is 8. The van der Waals surface area contributed by atoms with Crippen LogP contribution in [-0.2, 0) is 50.3 Å². The van der Waals surface area contributed by atoms with Crippen molar-refractivity contribution in [2.24, 2.45) is 0 Å². The summed E-state index contributed by atoms with van der Waals surface area (Å²) in [5.74, 6) is 0. The molecule has 0 spiro atoms. The molecule has 508 valence electrons. The molecule has 0 amide bonds. The molecule has 0 fully saturated rings. The van der Waals surface area contributed by atoms with Crippen LogP contribution in [-0.4, -0.2) is 79.0 Å². The first-order valence-electron chi connectivity index (χ1n) is 30.9. The van der Waals surface area contributed by atoms with Gasteiger partial charge in [0.05, 0.1) is 5.69 Å². The van der Waals surface area contributed by atoms with Gasteiger partial charge >= 0.3 is 15.6 Å². The number of aromatic nitrogens is 4. The van der Waals surface area contributed by atoms with E-state index in [1.165, 1.54) is 41.5 Å². The quantitative estimate of drug-likeness (QED) is 0.0358. The molecule has 14 aromatic rings. The van der Waals surface area contributed by atoms with Crippen molar-refractivity contribution >= 4 is 67.8 Å². The zero-order chi connectivity index (χ0) is 69.3. The Hall–Kier alpha value is -9.85. The van der Waals surface area contributed by atoms with Gasteiger partial charge in [-0.25, -0.2) is 0 Å². The second kappa shape index (κ2) is 40.9. The van der Waals surface area contributed by atoms with Crippen molar-refractivity contribution in [3.05, 3.63) is 389 Å². The SMILES string of the molecule is CO.CO.O=S(=O)(O)C(F)(F)F.[Ir].[Ir].[c-]1ccccc1-c1ccc([Si](c2ccccc2)(c2ccccc2)c2ccccc2)cn1.[c-]1ccccc1-c1ccccn1.[c-]1ccccc1-c1ccccn1.c1ccc(-c2ccc([Si](c3ccccc3)(c3ccccc3)c3ccccc3)cn2)cc1. The number of benzene rings is 10. The summed E-state index contributed by atoms with van der Waals surface area (Å²) >= 11 is 0. The van der Waals surface area contributed by atoms with Crippen LogP contribution in [0.1, 0.15) is 0 Å². The van der Waals surface area contributed by atoms with E-state index >= 15 is 0 Å². The van der Waals surface area contributed by atoms with Crippen LogP contribution in [0.15, 0.2) is 371 Å². The number of alkyl halides is 3. The Labute approximate surface area is 613 Å². The maximum atomic E-state index is 10.7. The van der Waals surface area contributed by atoms with Gasteiger partial charge in [0.1, 0.15) is 0 Å². The smallest absolute Gasteiger partial charge is 0.400 e. The van der Waals surface area contributed by atoms with Crippen LogP contribution in [0.3, 0.4) is 0 Å². The molecule has 14 rings (SSSR count). The minimum absolute atomic E-state index is 0. The van der Waals surface area contributed by atoms with Gasteiger partial charge in [-0.2, -0.15) is 21.6 Å². The Morgan fingerprint density at radius 1 is 0.300 bits per heavy atom. The van der Waals surface area contributed by atoms with E-state index < -0.39 is 31.8 Å². The van der Waals surface area contributed by atoms with Gasteiger partial charge in [-0.1, -0.05) is 255 Å². The molecule has 0 unspecified atom stereocenters. The molecular weight excluding hydrogens is 1660 g/mol. The average molecular weight is 1730 g/mol. The van der Waals surface area contributed by atoms with E-state index in [1.54, 1.807) is 12.4 Å². The molecule has 2 radical (unpaired) electrons. The molecule has 4 aromatic heterocycles. The van der Waals surface area contributed by atoms with E-state index in [4.69, 9.17) is 33.2 Å². The van der Waals surface area contributed by atoms with Crippen LogP contribution >= 0.6 is 0 Å². The molecule has 0 saturated heterocycles. The van der Waals surface area contributed by atoms with Gasteiger partial charge in [0.25, 0.3) is 0 Å². The Kier molecular flexibility index (Phi) is 32.4. The molecule has 0 atom stereocenters. The van der Waals surface area contributed by atoms with Gasteiger partial charge in [0.15, 0.2) is 16.1 Å². The number of hydrogen-bond donors (Lipinski definition) is 3. The largest absolute Gasteiger partial charge is 0.522 e. The predicted octanol–water partition coefficient (Wildman–Crippen LogP) is 12.8. The summed E-state index contributed by atoms with van der Waals surface area (Å²) in [6, 6.07) is 130. The molecule has 0 aliphatic heterocycles. The minimum atomic E-state index is -5.84. The summed E-state index contributed by atoms with van der Waals surface area (Å²) in [4.78, 5) is 18.3. The Morgan fingerprint density at radius 2 is 0.540 bits per heavy atom. The standard InChI is InChI=1S/C29H23NSi.C29H22NSi.2C11H8N.CHF3O3S.2CH4O.2Ir/c2*1-5-13-24(14-6-1)29-22-21-28(23-30-29)31(25-15-7-2-8-16-25,26-17-9-3-10-18-26)27-19-11-4-12-20-27;2*1-2-6-10(7-3-1)11-8-4-5-9-12-11;2-1(3,4)8(5,6)7;2*1-2;;/h1-23H;1-13,15-23H;2*1-6,8-9H;(H,5,6,7);2*2H,1H3;;/q;3*-1;;;;;. The van der Waals surface area contributed by atoms with Crippen molar-refractivity contribution in [3.8, 4) is 45.0 Å². The Morgan fingerprint density at radius 3 is 0.760 bits per heavy atom. The van der Waals surface area contributed by atoms with Crippen LogP contribution in [0.5, 0.6) is 0 Å². The fourth-order valence-corrected chi connectivity index (χ4v) is 20.3. The van der Waals surface area contributed by atoms with Gasteiger partial charge < -0.3 is 25.2 Å². The number of aliphatic hydroxyl groups is 2. The van der Waals surface area contributed by atoms with Crippen LogP contribution in [0.25, 0.3) is 45.0 Å². The average Bonchev–Trinajstić information content (AvgIpc) is 0.743. The molecule has 4 heterocycles. The summed E-state index contributed by atoms with van der Waals surface area (Å²) in [5, 5.41) is 24.7. The normalized spacial score (nSPS) is 10.5. The van der Waals surface area contributed by atoms with Gasteiger partial charge in [0, 0.05) is 84.8 Å². The van der Waals surface area contributed by atoms with Crippen molar-refractivity contribution in [1.29, 1.82) is 0 Å². The van der Waals surface area contributed by atoms with E-state index in [1.807, 2.05) is 109 Å². The predicted molar refractivity (Wildman–Crippen MR) is 396 cm³/mol. The van der Waals surface area contributed by atoms with Crippen LogP contribution in [0.2, 0.25) is 0 Å². The van der Waals surface area contributed by atoms with Gasteiger partial charge in [-0.15, -0.1) is 108 Å². The van der Waals surface area contributed by atoms with Crippen LogP contribution < -0.4 is 41.5 Å². The van der Waals surface area contributed by atoms with E-state index in [9.17, 15) is 13.2 Å². The summed E-state index contributed by atoms with van der Waals surface area (Å²) in [5.41, 5.74) is 2.59. The maximum Gasteiger partial charge on any atom is 0.522 e. The van der Waals surface area contributed by atoms with E-state index in [2.05, 4.69) is 277 Å². The summed E-state index contributed by atoms with van der Waals surface area (Å²) in [6.07, 6.45) is 7.75. The molecule has 0 aliphatic rings. The van der Waals surface area contributed by atoms with E-state index in [0.29, 0.717) is 0 Å². The third-order valence-corrected chi connectivity index (χ3v) is 25.4. The van der Waals surface area contributed by atoms with Crippen molar-refractivity contribution in [2.75, 3.05) is 14.2 Å². The monoisotopic (exact) mass is 1730 g/mol. The molecule has 3 N–H and O–H groups in total. The summed E-state index contributed by atoms with van der Waals surface area (Å²) < 4.78 is 57.5. The van der Waals surface area contributed by atoms with Crippen molar-refractivity contribution < 1.29 is 76.6 Å². The molecule has 9 nitrogen and oxygen atoms in total. The number of aliphatic hydroxyl groups excluding tert-OH is 2. The first-order chi connectivity index (χ1) is 48.0. The zero-order valence-corrected chi connectivity index (χ0v) is 62.0. The Bertz CT molecular complexity index is 4070. The number of halogens is 3. The van der Waals surface area contributed by atoms with Gasteiger partial charge in [-0.3, -0.25) is 9.54 Å². The fourth-order valence-electron chi connectivity index (χ4n) is 11.0. The maximum absolute atomic E-state index is 10.7. The van der Waals surface area contributed by atoms with Gasteiger partial charge in [0.2, 0.25) is 0 Å². The molecule has 100 heavy (non-hydrogen) atoms. The number of pyridine rings is 4. The topological polar surface area (TPSA) is 146 Å². The minimum Gasteiger partial charge on any atom is -0.400 e. The molecule has 0 bridgehead atoms. The van der Waals surface area contributed by atoms with Crippen molar-refractivity contribution in [3.63, 3.8) is 0 Å². The van der Waals surface area contributed by atoms with E-state index in [-0.39, 0.29) is 40.2 Å². The van der Waals surface area contributed by atoms with Crippen molar-refractivity contribution in [2.45, 2.75) is 5.51 Å². The number of nitrogens with zero attached hydrogens (tertiary/aromatic N) is 4. The molecule has 0 saturated carbocycles. The summed E-state index contributed by atoms with van der Waals surface area (Å²) in [6.45, 7) is 0. The third kappa shape index (κ3) is 20.9. The van der Waals surface area contributed by atoms with Crippen molar-refractivity contribution in [1.82, 2.24) is 19.9 Å². The second-order valence-electron chi connectivity index (χ2n) is 21.1. The first-order valence-corrected chi connectivity index (χ1v) is 36.4. The fraction of sp³-hybridized carbons (Fsp3) is 0.0361. The zero-order valence-electron chi connectivity index (χ0n) is 54.4. The summed E-state index contributed by atoms with van der Waals surface area (Å²) in [7, 11) is -8.82. The van der Waals surface area contributed by atoms with E-state index in [0.717, 1.165) is 59.2 Å². The van der Waals surface area contributed by atoms with Crippen LogP contribution in [0.4, 0.5) is 13.2 Å². The second-order valence-corrected chi connectivity index (χ2v) is 30.1. The third-order valence-electron chi connectivity index (χ3n) is 15.3. The molecular formula is C83H70F3Ir2N4O5SSi2-3. The molecule has 17 heteroatoms. The molecule has 0 aliphatic carbocycles.